The van der Waals surface area contributed by atoms with E-state index < -0.39 is 11.9 Å². The fourth-order valence-electron chi connectivity index (χ4n) is 3.95. The van der Waals surface area contributed by atoms with Crippen molar-refractivity contribution < 1.29 is 14.3 Å². The summed E-state index contributed by atoms with van der Waals surface area (Å²) in [6, 6.07) is 22.7. The lowest BCUT2D eigenvalue weighted by Gasteiger charge is -2.26. The number of hydrogen-bond acceptors (Lipinski definition) is 3. The second-order valence-electron chi connectivity index (χ2n) is 8.44. The highest BCUT2D eigenvalue weighted by Crippen LogP contribution is 2.35. The first-order valence-corrected chi connectivity index (χ1v) is 11.1. The number of esters is 1. The first-order valence-electron chi connectivity index (χ1n) is 10.4. The molecule has 1 aliphatic heterocycles. The van der Waals surface area contributed by atoms with E-state index in [0.717, 1.165) is 5.56 Å². The number of rotatable bonds is 5. The minimum atomic E-state index is -0.571. The van der Waals surface area contributed by atoms with Crippen LogP contribution in [0.15, 0.2) is 72.8 Å². The molecule has 3 aromatic carbocycles. The van der Waals surface area contributed by atoms with E-state index in [1.54, 1.807) is 30.3 Å². The molecule has 4 rings (SSSR count). The van der Waals surface area contributed by atoms with E-state index in [-0.39, 0.29) is 24.3 Å². The van der Waals surface area contributed by atoms with Gasteiger partial charge in [-0.1, -0.05) is 79.5 Å². The summed E-state index contributed by atoms with van der Waals surface area (Å²) in [5.41, 5.74) is 2.64. The predicted molar refractivity (Wildman–Crippen MR) is 128 cm³/mol. The zero-order chi connectivity index (χ0) is 22.9. The average molecular weight is 468 g/mol. The van der Waals surface area contributed by atoms with Gasteiger partial charge in [0.1, 0.15) is 5.75 Å². The van der Waals surface area contributed by atoms with Crippen molar-refractivity contribution in [1.82, 2.24) is 0 Å². The fraction of sp³-hybridized carbons (Fsp3) is 0.231. The first-order chi connectivity index (χ1) is 15.3. The molecule has 1 aliphatic rings. The van der Waals surface area contributed by atoms with Crippen molar-refractivity contribution in [1.29, 1.82) is 0 Å². The number of anilines is 1. The van der Waals surface area contributed by atoms with Gasteiger partial charge in [-0.15, -0.1) is 0 Å². The third-order valence-electron chi connectivity index (χ3n) is 5.95. The van der Waals surface area contributed by atoms with Gasteiger partial charge >= 0.3 is 5.97 Å². The largest absolute Gasteiger partial charge is 0.426 e. The quantitative estimate of drug-likeness (QED) is 0.327. The summed E-state index contributed by atoms with van der Waals surface area (Å²) in [7, 11) is 0. The van der Waals surface area contributed by atoms with Crippen LogP contribution >= 0.6 is 23.2 Å². The van der Waals surface area contributed by atoms with Gasteiger partial charge in [0.2, 0.25) is 5.91 Å². The maximum Gasteiger partial charge on any atom is 0.316 e. The molecule has 0 aliphatic carbocycles. The van der Waals surface area contributed by atoms with Crippen LogP contribution in [-0.2, 0) is 15.0 Å². The molecule has 0 radical (unpaired) electrons. The summed E-state index contributed by atoms with van der Waals surface area (Å²) < 4.78 is 5.58. The number of carbonyl (C=O) groups excluding carboxylic acids is 2. The summed E-state index contributed by atoms with van der Waals surface area (Å²) in [4.78, 5) is 26.7. The minimum absolute atomic E-state index is 0.0702. The first kappa shape index (κ1) is 22.4. The van der Waals surface area contributed by atoms with Crippen molar-refractivity contribution >= 4 is 40.8 Å². The molecular weight excluding hydrogens is 445 g/mol. The second-order valence-corrected chi connectivity index (χ2v) is 9.28. The van der Waals surface area contributed by atoms with E-state index in [0.29, 0.717) is 21.5 Å². The van der Waals surface area contributed by atoms with Gasteiger partial charge in [0.25, 0.3) is 0 Å². The molecule has 0 bridgehead atoms. The molecule has 0 aromatic heterocycles. The summed E-state index contributed by atoms with van der Waals surface area (Å²) in [5, 5.41) is 0.884. The van der Waals surface area contributed by atoms with E-state index in [1.165, 1.54) is 10.5 Å². The lowest BCUT2D eigenvalue weighted by molar-refractivity contribution is -0.139. The molecule has 0 saturated carbocycles. The molecule has 1 atom stereocenters. The van der Waals surface area contributed by atoms with Crippen LogP contribution in [-0.4, -0.2) is 18.4 Å². The maximum atomic E-state index is 12.7. The summed E-state index contributed by atoms with van der Waals surface area (Å²) in [6.07, 6.45) is 0.0702. The molecule has 1 heterocycles. The number of amides is 1. The Morgan fingerprint density at radius 3 is 2.31 bits per heavy atom. The molecule has 1 amide bonds. The summed E-state index contributed by atoms with van der Waals surface area (Å²) in [6.45, 7) is 4.52. The Bertz CT molecular complexity index is 1140. The normalized spacial score (nSPS) is 16.3. The number of halogens is 2. The van der Waals surface area contributed by atoms with Crippen molar-refractivity contribution in [2.75, 3.05) is 11.4 Å². The highest BCUT2D eigenvalue weighted by molar-refractivity contribution is 6.35. The number of hydrogen-bond donors (Lipinski definition) is 0. The van der Waals surface area contributed by atoms with Crippen LogP contribution < -0.4 is 9.64 Å². The lowest BCUT2D eigenvalue weighted by Crippen LogP contribution is -2.27. The van der Waals surface area contributed by atoms with E-state index in [4.69, 9.17) is 27.9 Å². The van der Waals surface area contributed by atoms with Gasteiger partial charge in [-0.25, -0.2) is 0 Å². The molecule has 6 heteroatoms. The van der Waals surface area contributed by atoms with E-state index >= 15 is 0 Å². The Balaban J connectivity index is 1.44. The number of benzene rings is 3. The van der Waals surface area contributed by atoms with Gasteiger partial charge in [0, 0.05) is 23.4 Å². The third-order valence-corrected chi connectivity index (χ3v) is 6.50. The van der Waals surface area contributed by atoms with Crippen molar-refractivity contribution in [3.05, 3.63) is 94.0 Å². The monoisotopic (exact) mass is 467 g/mol. The molecule has 0 spiro atoms. The Kier molecular flexibility index (Phi) is 6.27. The summed E-state index contributed by atoms with van der Waals surface area (Å²) in [5.74, 6) is -0.738. The summed E-state index contributed by atoms with van der Waals surface area (Å²) >= 11 is 12.3. The van der Waals surface area contributed by atoms with E-state index in [9.17, 15) is 9.59 Å². The van der Waals surface area contributed by atoms with Gasteiger partial charge in [-0.3, -0.25) is 9.59 Å². The lowest BCUT2D eigenvalue weighted by atomic mass is 9.78. The van der Waals surface area contributed by atoms with Crippen LogP contribution in [0.2, 0.25) is 10.0 Å². The molecule has 0 N–H and O–H groups in total. The number of ether oxygens (including phenoxy) is 1. The molecular formula is C26H23Cl2NO3. The predicted octanol–water partition coefficient (Wildman–Crippen LogP) is 6.28. The van der Waals surface area contributed by atoms with Gasteiger partial charge in [0.05, 0.1) is 16.6 Å². The van der Waals surface area contributed by atoms with Gasteiger partial charge < -0.3 is 9.64 Å². The van der Waals surface area contributed by atoms with E-state index in [2.05, 4.69) is 26.0 Å². The second kappa shape index (κ2) is 8.97. The zero-order valence-corrected chi connectivity index (χ0v) is 19.4. The Morgan fingerprint density at radius 2 is 1.62 bits per heavy atom. The minimum Gasteiger partial charge on any atom is -0.426 e. The van der Waals surface area contributed by atoms with Crippen molar-refractivity contribution in [2.24, 2.45) is 5.92 Å². The van der Waals surface area contributed by atoms with Crippen LogP contribution in [0.4, 0.5) is 5.69 Å². The highest BCUT2D eigenvalue weighted by atomic mass is 35.5. The number of carbonyl (C=O) groups is 2. The average Bonchev–Trinajstić information content (AvgIpc) is 3.18. The van der Waals surface area contributed by atoms with Crippen LogP contribution in [0.5, 0.6) is 5.75 Å². The zero-order valence-electron chi connectivity index (χ0n) is 17.8. The Morgan fingerprint density at radius 1 is 0.969 bits per heavy atom. The van der Waals surface area contributed by atoms with Crippen molar-refractivity contribution in [3.8, 4) is 5.75 Å². The van der Waals surface area contributed by atoms with Crippen LogP contribution in [0.1, 0.15) is 31.4 Å². The highest BCUT2D eigenvalue weighted by Gasteiger charge is 2.37. The van der Waals surface area contributed by atoms with Gasteiger partial charge in [-0.05, 0) is 41.5 Å². The van der Waals surface area contributed by atoms with Crippen molar-refractivity contribution in [3.63, 3.8) is 0 Å². The molecule has 3 aromatic rings. The molecule has 0 unspecified atom stereocenters. The number of nitrogens with zero attached hydrogens (tertiary/aromatic N) is 1. The Labute approximate surface area is 197 Å². The molecule has 164 valence electrons. The van der Waals surface area contributed by atoms with Gasteiger partial charge in [-0.2, -0.15) is 0 Å². The van der Waals surface area contributed by atoms with Crippen LogP contribution in [0.3, 0.4) is 0 Å². The van der Waals surface area contributed by atoms with E-state index in [1.807, 2.05) is 30.3 Å². The SMILES string of the molecule is CC(C)(c1ccccc1)c1ccc(OC(=O)[C@H]2CC(=O)N(c3cc(Cl)ccc3Cl)C2)cc1. The van der Waals surface area contributed by atoms with Crippen LogP contribution in [0.25, 0.3) is 0 Å². The standard InChI is InChI=1S/C26H23Cl2NO3/c1-26(2,18-6-4-3-5-7-18)19-8-11-21(12-9-19)32-25(31)17-14-24(30)29(16-17)23-15-20(27)10-13-22(23)28/h3-13,15,17H,14,16H2,1-2H3/t17-/m0/s1. The van der Waals surface area contributed by atoms with Gasteiger partial charge in [0.15, 0.2) is 0 Å². The molecule has 4 nitrogen and oxygen atoms in total. The smallest absolute Gasteiger partial charge is 0.316 e. The fourth-order valence-corrected chi connectivity index (χ4v) is 4.34. The van der Waals surface area contributed by atoms with Crippen molar-refractivity contribution in [2.45, 2.75) is 25.7 Å². The molecule has 1 saturated heterocycles. The molecule has 1 fully saturated rings. The van der Waals surface area contributed by atoms with Crippen LogP contribution in [0, 0.1) is 5.92 Å². The molecule has 32 heavy (non-hydrogen) atoms. The maximum absolute atomic E-state index is 12.7. The third kappa shape index (κ3) is 4.52. The Hall–Kier alpha value is -2.82. The topological polar surface area (TPSA) is 46.6 Å².